The molecule has 0 aromatic heterocycles. The number of carbonyl (C=O) groups excluding carboxylic acids is 1. The SMILES string of the molecule is CCc1ccc(N(CC(=O)NCCOc2cccc(OC)c2)S(=O)(=O)c2ccccc2)cc1. The van der Waals surface area contributed by atoms with Crippen LogP contribution in [-0.2, 0) is 21.2 Å². The van der Waals surface area contributed by atoms with E-state index in [2.05, 4.69) is 5.32 Å². The van der Waals surface area contributed by atoms with Gasteiger partial charge in [0, 0.05) is 6.07 Å². The fraction of sp³-hybridized carbons (Fsp3) is 0.240. The zero-order valence-electron chi connectivity index (χ0n) is 18.7. The van der Waals surface area contributed by atoms with E-state index in [9.17, 15) is 13.2 Å². The predicted molar refractivity (Wildman–Crippen MR) is 128 cm³/mol. The molecule has 1 N–H and O–H groups in total. The van der Waals surface area contributed by atoms with Crippen molar-refractivity contribution < 1.29 is 22.7 Å². The van der Waals surface area contributed by atoms with E-state index in [1.807, 2.05) is 31.2 Å². The van der Waals surface area contributed by atoms with E-state index in [-0.39, 0.29) is 24.6 Å². The molecular formula is C25H28N2O5S. The van der Waals surface area contributed by atoms with Crippen LogP contribution in [0, 0.1) is 0 Å². The number of carbonyl (C=O) groups is 1. The summed E-state index contributed by atoms with van der Waals surface area (Å²) in [5.74, 6) is 0.864. The molecule has 7 nitrogen and oxygen atoms in total. The van der Waals surface area contributed by atoms with E-state index in [0.717, 1.165) is 16.3 Å². The van der Waals surface area contributed by atoms with Crippen LogP contribution in [0.3, 0.4) is 0 Å². The minimum absolute atomic E-state index is 0.124. The average molecular weight is 469 g/mol. The van der Waals surface area contributed by atoms with Gasteiger partial charge in [-0.25, -0.2) is 8.42 Å². The number of sulfonamides is 1. The zero-order valence-corrected chi connectivity index (χ0v) is 19.5. The van der Waals surface area contributed by atoms with Gasteiger partial charge in [-0.3, -0.25) is 9.10 Å². The molecule has 3 aromatic carbocycles. The molecule has 0 unspecified atom stereocenters. The monoisotopic (exact) mass is 468 g/mol. The number of methoxy groups -OCH3 is 1. The standard InChI is InChI=1S/C25H28N2O5S/c1-3-20-12-14-21(15-13-20)27(33(29,30)24-10-5-4-6-11-24)19-25(28)26-16-17-32-23-9-7-8-22(18-23)31-2/h4-15,18H,3,16-17,19H2,1-2H3,(H,26,28). The molecule has 0 aliphatic rings. The Bertz CT molecular complexity index is 1150. The second-order valence-corrected chi connectivity index (χ2v) is 9.08. The molecule has 174 valence electrons. The van der Waals surface area contributed by atoms with Gasteiger partial charge in [0.05, 0.1) is 24.2 Å². The van der Waals surface area contributed by atoms with Gasteiger partial charge in [0.1, 0.15) is 24.7 Å². The second kappa shape index (κ2) is 11.4. The summed E-state index contributed by atoms with van der Waals surface area (Å²) in [4.78, 5) is 12.8. The molecule has 0 aliphatic carbocycles. The fourth-order valence-electron chi connectivity index (χ4n) is 3.17. The van der Waals surface area contributed by atoms with Crippen LogP contribution in [0.15, 0.2) is 83.8 Å². The van der Waals surface area contributed by atoms with Crippen molar-refractivity contribution in [3.05, 3.63) is 84.4 Å². The van der Waals surface area contributed by atoms with E-state index in [4.69, 9.17) is 9.47 Å². The number of ether oxygens (including phenoxy) is 2. The van der Waals surface area contributed by atoms with E-state index < -0.39 is 15.9 Å². The molecule has 0 saturated carbocycles. The van der Waals surface area contributed by atoms with Crippen LogP contribution in [0.4, 0.5) is 5.69 Å². The Morgan fingerprint density at radius 3 is 2.30 bits per heavy atom. The maximum atomic E-state index is 13.3. The van der Waals surface area contributed by atoms with Gasteiger partial charge >= 0.3 is 0 Å². The maximum Gasteiger partial charge on any atom is 0.264 e. The number of hydrogen-bond donors (Lipinski definition) is 1. The molecule has 8 heteroatoms. The summed E-state index contributed by atoms with van der Waals surface area (Å²) >= 11 is 0. The van der Waals surface area contributed by atoms with Crippen LogP contribution < -0.4 is 19.1 Å². The van der Waals surface area contributed by atoms with Crippen LogP contribution >= 0.6 is 0 Å². The summed E-state index contributed by atoms with van der Waals surface area (Å²) in [6.45, 7) is 2.13. The predicted octanol–water partition coefficient (Wildman–Crippen LogP) is 3.65. The molecule has 0 fully saturated rings. The van der Waals surface area contributed by atoms with Crippen LogP contribution in [0.25, 0.3) is 0 Å². The Morgan fingerprint density at radius 1 is 0.939 bits per heavy atom. The lowest BCUT2D eigenvalue weighted by atomic mass is 10.1. The van der Waals surface area contributed by atoms with Crippen LogP contribution in [-0.4, -0.2) is 41.1 Å². The second-order valence-electron chi connectivity index (χ2n) is 7.22. The summed E-state index contributed by atoms with van der Waals surface area (Å²) in [6.07, 6.45) is 0.833. The quantitative estimate of drug-likeness (QED) is 0.434. The normalized spacial score (nSPS) is 11.0. The third kappa shape index (κ3) is 6.49. The van der Waals surface area contributed by atoms with Crippen molar-refractivity contribution in [3.8, 4) is 11.5 Å². The van der Waals surface area contributed by atoms with E-state index >= 15 is 0 Å². The van der Waals surface area contributed by atoms with Crippen molar-refractivity contribution >= 4 is 21.6 Å². The molecule has 0 aliphatic heterocycles. The molecule has 0 bridgehead atoms. The highest BCUT2D eigenvalue weighted by molar-refractivity contribution is 7.92. The first kappa shape index (κ1) is 24.1. The molecule has 0 heterocycles. The van der Waals surface area contributed by atoms with Gasteiger partial charge in [-0.15, -0.1) is 0 Å². The Morgan fingerprint density at radius 2 is 1.64 bits per heavy atom. The molecular weight excluding hydrogens is 440 g/mol. The Labute approximate surface area is 195 Å². The third-order valence-corrected chi connectivity index (χ3v) is 6.77. The number of benzene rings is 3. The lowest BCUT2D eigenvalue weighted by Gasteiger charge is -2.24. The van der Waals surface area contributed by atoms with Gasteiger partial charge in [0.25, 0.3) is 10.0 Å². The lowest BCUT2D eigenvalue weighted by Crippen LogP contribution is -2.41. The highest BCUT2D eigenvalue weighted by Crippen LogP contribution is 2.24. The first-order chi connectivity index (χ1) is 15.9. The molecule has 0 atom stereocenters. The minimum Gasteiger partial charge on any atom is -0.497 e. The largest absolute Gasteiger partial charge is 0.497 e. The Balaban J connectivity index is 1.68. The number of aryl methyl sites for hydroxylation is 1. The Hall–Kier alpha value is -3.52. The molecule has 3 aromatic rings. The van der Waals surface area contributed by atoms with Crippen molar-refractivity contribution in [3.63, 3.8) is 0 Å². The molecule has 0 radical (unpaired) electrons. The smallest absolute Gasteiger partial charge is 0.264 e. The number of anilines is 1. The average Bonchev–Trinajstić information content (AvgIpc) is 2.86. The molecule has 3 rings (SSSR count). The van der Waals surface area contributed by atoms with Crippen LogP contribution in [0.2, 0.25) is 0 Å². The van der Waals surface area contributed by atoms with Crippen molar-refractivity contribution in [1.82, 2.24) is 5.32 Å². The van der Waals surface area contributed by atoms with Crippen LogP contribution in [0.1, 0.15) is 12.5 Å². The minimum atomic E-state index is -3.92. The van der Waals surface area contributed by atoms with E-state index in [1.54, 1.807) is 49.6 Å². The summed E-state index contributed by atoms with van der Waals surface area (Å²) in [5.41, 5.74) is 1.51. The van der Waals surface area contributed by atoms with Crippen molar-refractivity contribution in [1.29, 1.82) is 0 Å². The van der Waals surface area contributed by atoms with Crippen LogP contribution in [0.5, 0.6) is 11.5 Å². The summed E-state index contributed by atoms with van der Waals surface area (Å²) in [5, 5.41) is 2.73. The zero-order chi connectivity index (χ0) is 23.7. The first-order valence-corrected chi connectivity index (χ1v) is 12.1. The van der Waals surface area contributed by atoms with Gasteiger partial charge in [0.2, 0.25) is 5.91 Å². The number of nitrogens with zero attached hydrogens (tertiary/aromatic N) is 1. The summed E-state index contributed by atoms with van der Waals surface area (Å²) in [6, 6.07) is 22.4. The summed E-state index contributed by atoms with van der Waals surface area (Å²) < 4.78 is 38.5. The lowest BCUT2D eigenvalue weighted by molar-refractivity contribution is -0.119. The van der Waals surface area contributed by atoms with Crippen molar-refractivity contribution in [2.45, 2.75) is 18.2 Å². The molecule has 0 saturated heterocycles. The molecule has 0 spiro atoms. The first-order valence-electron chi connectivity index (χ1n) is 10.6. The highest BCUT2D eigenvalue weighted by atomic mass is 32.2. The topological polar surface area (TPSA) is 84.9 Å². The maximum absolute atomic E-state index is 13.3. The van der Waals surface area contributed by atoms with Gasteiger partial charge in [-0.2, -0.15) is 0 Å². The highest BCUT2D eigenvalue weighted by Gasteiger charge is 2.27. The van der Waals surface area contributed by atoms with Crippen molar-refractivity contribution in [2.75, 3.05) is 31.1 Å². The number of hydrogen-bond acceptors (Lipinski definition) is 5. The van der Waals surface area contributed by atoms with Gasteiger partial charge in [-0.05, 0) is 48.4 Å². The molecule has 33 heavy (non-hydrogen) atoms. The van der Waals surface area contributed by atoms with E-state index in [0.29, 0.717) is 17.2 Å². The summed E-state index contributed by atoms with van der Waals surface area (Å²) in [7, 11) is -2.35. The number of nitrogens with one attached hydrogen (secondary N) is 1. The third-order valence-electron chi connectivity index (χ3n) is 4.99. The molecule has 1 amide bonds. The van der Waals surface area contributed by atoms with E-state index in [1.165, 1.54) is 12.1 Å². The number of rotatable bonds is 11. The van der Waals surface area contributed by atoms with Gasteiger partial charge in [0.15, 0.2) is 0 Å². The Kier molecular flexibility index (Phi) is 8.32. The number of amides is 1. The van der Waals surface area contributed by atoms with Gasteiger partial charge in [-0.1, -0.05) is 43.3 Å². The van der Waals surface area contributed by atoms with Crippen molar-refractivity contribution in [2.24, 2.45) is 0 Å². The fourth-order valence-corrected chi connectivity index (χ4v) is 4.61. The van der Waals surface area contributed by atoms with Gasteiger partial charge < -0.3 is 14.8 Å².